The fourth-order valence-corrected chi connectivity index (χ4v) is 6.57. The summed E-state index contributed by atoms with van der Waals surface area (Å²) in [5.74, 6) is 0.625. The van der Waals surface area contributed by atoms with Crippen molar-refractivity contribution >= 4 is 44.9 Å². The van der Waals surface area contributed by atoms with Gasteiger partial charge in [0.15, 0.2) is 0 Å². The molecule has 0 bridgehead atoms. The van der Waals surface area contributed by atoms with Gasteiger partial charge >= 0.3 is 6.04 Å². The van der Waals surface area contributed by atoms with Crippen LogP contribution in [0.4, 0.5) is 21.8 Å². The van der Waals surface area contributed by atoms with Crippen molar-refractivity contribution in [2.75, 3.05) is 30.8 Å². The van der Waals surface area contributed by atoms with Crippen LogP contribution in [-0.2, 0) is 21.4 Å². The second-order valence-electron chi connectivity index (χ2n) is 8.84. The Morgan fingerprint density at radius 2 is 1.95 bits per heavy atom. The number of allylic oxidation sites excluding steroid dienone is 2. The number of carbonyl (C=O) groups excluding carboxylic acids is 1. The fourth-order valence-electron chi connectivity index (χ4n) is 4.12. The van der Waals surface area contributed by atoms with Gasteiger partial charge in [0, 0.05) is 41.1 Å². The van der Waals surface area contributed by atoms with E-state index in [0.29, 0.717) is 23.7 Å². The van der Waals surface area contributed by atoms with Crippen LogP contribution in [0.25, 0.3) is 0 Å². The SMILES string of the molecule is C/C(=C\C(=O)F)Nc1ccnc(Nc2ccc(S(=O)(=O)N(Cc3cccs3)C3CCN(C)CC3)cc2)n1. The summed E-state index contributed by atoms with van der Waals surface area (Å²) in [7, 11) is -1.67. The number of likely N-dealkylation sites (tertiary alicyclic amines) is 1. The summed E-state index contributed by atoms with van der Waals surface area (Å²) in [6, 6.07) is 10.3. The quantitative estimate of drug-likeness (QED) is 0.286. The number of carbonyl (C=O) groups is 1. The molecule has 0 saturated carbocycles. The van der Waals surface area contributed by atoms with E-state index < -0.39 is 16.1 Å². The number of hydrogen-bond acceptors (Lipinski definition) is 9. The molecule has 0 spiro atoms. The molecule has 2 aromatic heterocycles. The summed E-state index contributed by atoms with van der Waals surface area (Å²) >= 11 is 1.55. The molecule has 3 aromatic rings. The maximum atomic E-state index is 13.7. The zero-order valence-electron chi connectivity index (χ0n) is 20.6. The molecule has 37 heavy (non-hydrogen) atoms. The molecule has 0 aliphatic carbocycles. The van der Waals surface area contributed by atoms with Gasteiger partial charge in [-0.3, -0.25) is 4.79 Å². The summed E-state index contributed by atoms with van der Waals surface area (Å²) < 4.78 is 41.7. The lowest BCUT2D eigenvalue weighted by molar-refractivity contribution is -0.124. The lowest BCUT2D eigenvalue weighted by atomic mass is 10.1. The van der Waals surface area contributed by atoms with Crippen molar-refractivity contribution in [2.24, 2.45) is 0 Å². The van der Waals surface area contributed by atoms with Crippen molar-refractivity contribution in [3.63, 3.8) is 0 Å². The van der Waals surface area contributed by atoms with E-state index in [1.165, 1.54) is 6.20 Å². The van der Waals surface area contributed by atoms with Gasteiger partial charge in [-0.1, -0.05) is 6.07 Å². The van der Waals surface area contributed by atoms with Gasteiger partial charge in [0.25, 0.3) is 0 Å². The first-order chi connectivity index (χ1) is 17.7. The standard InChI is InChI=1S/C25H29FN6O3S2/c1-18(16-23(26)33)28-24-9-12-27-25(30-24)29-19-5-7-22(8-6-19)37(34,35)32(17-21-4-3-15-36-21)20-10-13-31(2)14-11-20/h3-9,12,15-16,20H,10-11,13-14,17H2,1-2H3,(H2,27,28,29,30)/b18-16+. The zero-order valence-corrected chi connectivity index (χ0v) is 22.2. The number of piperidine rings is 1. The average molecular weight is 545 g/mol. The Hall–Kier alpha value is -3.19. The molecule has 2 N–H and O–H groups in total. The van der Waals surface area contributed by atoms with Crippen LogP contribution in [-0.4, -0.2) is 59.8 Å². The van der Waals surface area contributed by atoms with Crippen molar-refractivity contribution < 1.29 is 17.6 Å². The Balaban J connectivity index is 1.50. The number of hydrogen-bond donors (Lipinski definition) is 2. The second kappa shape index (κ2) is 11.9. The minimum Gasteiger partial charge on any atom is -0.344 e. The number of nitrogens with one attached hydrogen (secondary N) is 2. The van der Waals surface area contributed by atoms with Crippen LogP contribution in [0.15, 0.2) is 70.7 Å². The number of aromatic nitrogens is 2. The van der Waals surface area contributed by atoms with E-state index in [4.69, 9.17) is 0 Å². The van der Waals surface area contributed by atoms with Crippen LogP contribution in [0.5, 0.6) is 0 Å². The number of rotatable bonds is 10. The fraction of sp³-hybridized carbons (Fsp3) is 0.320. The van der Waals surface area contributed by atoms with Crippen molar-refractivity contribution in [2.45, 2.75) is 37.2 Å². The summed E-state index contributed by atoms with van der Waals surface area (Å²) in [6.07, 6.45) is 3.90. The largest absolute Gasteiger partial charge is 0.344 e. The van der Waals surface area contributed by atoms with E-state index in [9.17, 15) is 17.6 Å². The highest BCUT2D eigenvalue weighted by atomic mass is 32.2. The zero-order chi connectivity index (χ0) is 26.4. The van der Waals surface area contributed by atoms with Gasteiger partial charge in [0.1, 0.15) is 5.82 Å². The number of benzene rings is 1. The third-order valence-electron chi connectivity index (χ3n) is 6.01. The Bertz CT molecular complexity index is 1340. The van der Waals surface area contributed by atoms with Gasteiger partial charge < -0.3 is 15.5 Å². The Morgan fingerprint density at radius 3 is 2.59 bits per heavy atom. The predicted molar refractivity (Wildman–Crippen MR) is 143 cm³/mol. The highest BCUT2D eigenvalue weighted by Gasteiger charge is 2.33. The van der Waals surface area contributed by atoms with E-state index in [2.05, 4.69) is 32.5 Å². The van der Waals surface area contributed by atoms with Crippen LogP contribution in [0.3, 0.4) is 0 Å². The van der Waals surface area contributed by atoms with Crippen LogP contribution in [0, 0.1) is 0 Å². The van der Waals surface area contributed by atoms with E-state index in [1.54, 1.807) is 52.9 Å². The number of halogens is 1. The molecule has 0 amide bonds. The number of thiophene rings is 1. The highest BCUT2D eigenvalue weighted by Crippen LogP contribution is 2.28. The first-order valence-electron chi connectivity index (χ1n) is 11.8. The maximum Gasteiger partial charge on any atom is 0.326 e. The van der Waals surface area contributed by atoms with E-state index in [1.807, 2.05) is 17.5 Å². The molecule has 1 aliphatic rings. The first kappa shape index (κ1) is 26.9. The minimum atomic E-state index is -3.73. The molecule has 196 valence electrons. The molecule has 9 nitrogen and oxygen atoms in total. The van der Waals surface area contributed by atoms with Crippen LogP contribution in [0.1, 0.15) is 24.6 Å². The molecule has 1 fully saturated rings. The lowest BCUT2D eigenvalue weighted by Gasteiger charge is -2.36. The van der Waals surface area contributed by atoms with E-state index >= 15 is 0 Å². The first-order valence-corrected chi connectivity index (χ1v) is 14.1. The molecule has 0 atom stereocenters. The number of nitrogens with zero attached hydrogens (tertiary/aromatic N) is 4. The van der Waals surface area contributed by atoms with Gasteiger partial charge in [0.05, 0.1) is 4.90 Å². The van der Waals surface area contributed by atoms with Gasteiger partial charge in [-0.25, -0.2) is 13.4 Å². The smallest absolute Gasteiger partial charge is 0.326 e. The normalized spacial score (nSPS) is 15.6. The second-order valence-corrected chi connectivity index (χ2v) is 11.8. The molecule has 12 heteroatoms. The molecule has 1 aliphatic heterocycles. The molecule has 1 aromatic carbocycles. The van der Waals surface area contributed by atoms with E-state index in [-0.39, 0.29) is 16.9 Å². The van der Waals surface area contributed by atoms with Gasteiger partial charge in [-0.05, 0) is 81.7 Å². The summed E-state index contributed by atoms with van der Waals surface area (Å²) in [5.41, 5.74) is 0.898. The Kier molecular flexibility index (Phi) is 8.64. The van der Waals surface area contributed by atoms with Gasteiger partial charge in [-0.15, -0.1) is 11.3 Å². The van der Waals surface area contributed by atoms with Crippen LogP contribution in [0.2, 0.25) is 0 Å². The monoisotopic (exact) mass is 544 g/mol. The average Bonchev–Trinajstić information content (AvgIpc) is 3.37. The van der Waals surface area contributed by atoms with Crippen molar-refractivity contribution in [3.8, 4) is 0 Å². The molecular weight excluding hydrogens is 515 g/mol. The van der Waals surface area contributed by atoms with E-state index in [0.717, 1.165) is 36.9 Å². The van der Waals surface area contributed by atoms with Crippen LogP contribution < -0.4 is 10.6 Å². The van der Waals surface area contributed by atoms with Gasteiger partial charge in [0.2, 0.25) is 16.0 Å². The van der Waals surface area contributed by atoms with Crippen LogP contribution >= 0.6 is 11.3 Å². The summed E-state index contributed by atoms with van der Waals surface area (Å²) in [4.78, 5) is 22.5. The topological polar surface area (TPSA) is 108 Å². The summed E-state index contributed by atoms with van der Waals surface area (Å²) in [6.45, 7) is 3.61. The predicted octanol–water partition coefficient (Wildman–Crippen LogP) is 4.38. The highest BCUT2D eigenvalue weighted by molar-refractivity contribution is 7.89. The third kappa shape index (κ3) is 7.19. The van der Waals surface area contributed by atoms with Crippen molar-refractivity contribution in [3.05, 3.63) is 70.7 Å². The summed E-state index contributed by atoms with van der Waals surface area (Å²) in [5, 5.41) is 7.81. The minimum absolute atomic E-state index is 0.0602. The maximum absolute atomic E-state index is 13.7. The van der Waals surface area contributed by atoms with Crippen molar-refractivity contribution in [1.29, 1.82) is 0 Å². The molecule has 0 unspecified atom stereocenters. The van der Waals surface area contributed by atoms with Crippen molar-refractivity contribution in [1.82, 2.24) is 19.2 Å². The number of anilines is 3. The third-order valence-corrected chi connectivity index (χ3v) is 8.79. The Morgan fingerprint density at radius 1 is 1.22 bits per heavy atom. The lowest BCUT2D eigenvalue weighted by Crippen LogP contribution is -2.45. The Labute approximate surface area is 220 Å². The number of sulfonamides is 1. The molecular formula is C25H29FN6O3S2. The van der Waals surface area contributed by atoms with Gasteiger partial charge in [-0.2, -0.15) is 13.7 Å². The molecule has 3 heterocycles. The molecule has 4 rings (SSSR count). The molecule has 1 saturated heterocycles. The molecule has 0 radical (unpaired) electrons.